The molecule has 0 aliphatic rings. The Hall–Kier alpha value is -3.32. The molecule has 28 heavy (non-hydrogen) atoms. The van der Waals surface area contributed by atoms with Gasteiger partial charge in [-0.3, -0.25) is 4.79 Å². The van der Waals surface area contributed by atoms with E-state index < -0.39 is 18.0 Å². The van der Waals surface area contributed by atoms with Gasteiger partial charge in [-0.2, -0.15) is 0 Å². The van der Waals surface area contributed by atoms with Gasteiger partial charge in [0.15, 0.2) is 0 Å². The zero-order valence-corrected chi connectivity index (χ0v) is 15.6. The normalized spacial score (nSPS) is 11.8. The zero-order chi connectivity index (χ0) is 20.1. The summed E-state index contributed by atoms with van der Waals surface area (Å²) in [5, 5.41) is 1.95. The molecule has 0 spiro atoms. The molecule has 2 aromatic carbocycles. The van der Waals surface area contributed by atoms with Crippen LogP contribution in [0.1, 0.15) is 21.9 Å². The minimum absolute atomic E-state index is 0.104. The van der Waals surface area contributed by atoms with E-state index in [0.717, 1.165) is 16.3 Å². The molecule has 3 aromatic rings. The lowest BCUT2D eigenvalue weighted by atomic mass is 9.98. The summed E-state index contributed by atoms with van der Waals surface area (Å²) in [6.45, 7) is 0.107. The Bertz CT molecular complexity index is 993. The van der Waals surface area contributed by atoms with E-state index in [4.69, 9.17) is 19.6 Å². The second-order valence-electron chi connectivity index (χ2n) is 6.14. The first-order valence-electron chi connectivity index (χ1n) is 8.67. The molecular formula is C21H21NO6. The number of nitrogens with two attached hydrogens (primary N) is 1. The van der Waals surface area contributed by atoms with Gasteiger partial charge in [0, 0.05) is 12.0 Å². The third-order valence-electron chi connectivity index (χ3n) is 4.34. The summed E-state index contributed by atoms with van der Waals surface area (Å²) < 4.78 is 20.7. The Kier molecular flexibility index (Phi) is 5.96. The lowest BCUT2D eigenvalue weighted by molar-refractivity contribution is -0.142. The fourth-order valence-electron chi connectivity index (χ4n) is 2.93. The van der Waals surface area contributed by atoms with Gasteiger partial charge in [-0.1, -0.05) is 30.3 Å². The molecule has 2 N–H and O–H groups in total. The lowest BCUT2D eigenvalue weighted by Crippen LogP contribution is -2.33. The van der Waals surface area contributed by atoms with E-state index in [1.165, 1.54) is 20.3 Å². The third kappa shape index (κ3) is 4.15. The standard InChI is InChI=1S/C21H21NO6/c1-25-20(23)17(22)11-16-15-6-4-3-5-13(15)7-9-18(16)27-12-14-8-10-19(28-14)21(24)26-2/h3-10,17H,11-12,22H2,1-2H3. The van der Waals surface area contributed by atoms with E-state index in [1.807, 2.05) is 36.4 Å². The molecule has 0 saturated heterocycles. The summed E-state index contributed by atoms with van der Waals surface area (Å²) in [4.78, 5) is 23.3. The van der Waals surface area contributed by atoms with Crippen LogP contribution in [0.2, 0.25) is 0 Å². The fourth-order valence-corrected chi connectivity index (χ4v) is 2.93. The number of hydrogen-bond acceptors (Lipinski definition) is 7. The molecule has 3 rings (SSSR count). The first kappa shape index (κ1) is 19.4. The van der Waals surface area contributed by atoms with Crippen molar-refractivity contribution in [2.75, 3.05) is 14.2 Å². The maximum Gasteiger partial charge on any atom is 0.373 e. The maximum atomic E-state index is 11.8. The number of ether oxygens (including phenoxy) is 3. The average molecular weight is 383 g/mol. The number of benzene rings is 2. The van der Waals surface area contributed by atoms with Crippen molar-refractivity contribution in [2.45, 2.75) is 19.1 Å². The molecule has 0 fully saturated rings. The fraction of sp³-hybridized carbons (Fsp3) is 0.238. The highest BCUT2D eigenvalue weighted by Crippen LogP contribution is 2.30. The lowest BCUT2D eigenvalue weighted by Gasteiger charge is -2.16. The number of hydrogen-bond donors (Lipinski definition) is 1. The van der Waals surface area contributed by atoms with Crippen LogP contribution in [0.25, 0.3) is 10.8 Å². The number of carbonyl (C=O) groups is 2. The Morgan fingerprint density at radius 3 is 2.57 bits per heavy atom. The number of furan rings is 1. The van der Waals surface area contributed by atoms with Gasteiger partial charge < -0.3 is 24.4 Å². The van der Waals surface area contributed by atoms with Gasteiger partial charge in [0.2, 0.25) is 5.76 Å². The molecule has 1 aromatic heterocycles. The quantitative estimate of drug-likeness (QED) is 0.626. The molecule has 0 bridgehead atoms. The second-order valence-corrected chi connectivity index (χ2v) is 6.14. The topological polar surface area (TPSA) is 101 Å². The summed E-state index contributed by atoms with van der Waals surface area (Å²) in [7, 11) is 2.59. The van der Waals surface area contributed by atoms with Gasteiger partial charge in [0.05, 0.1) is 14.2 Å². The van der Waals surface area contributed by atoms with Crippen molar-refractivity contribution in [3.05, 3.63) is 65.6 Å². The van der Waals surface area contributed by atoms with Crippen LogP contribution in [0.5, 0.6) is 5.75 Å². The maximum absolute atomic E-state index is 11.8. The molecule has 0 aliphatic carbocycles. The summed E-state index contributed by atoms with van der Waals surface area (Å²) >= 11 is 0. The van der Waals surface area contributed by atoms with Crippen LogP contribution in [0.15, 0.2) is 52.9 Å². The number of methoxy groups -OCH3 is 2. The van der Waals surface area contributed by atoms with Gasteiger partial charge in [0.25, 0.3) is 0 Å². The van der Waals surface area contributed by atoms with Crippen LogP contribution in [0.4, 0.5) is 0 Å². The molecule has 7 nitrogen and oxygen atoms in total. The predicted octanol–water partition coefficient (Wildman–Crippen LogP) is 2.84. The van der Waals surface area contributed by atoms with Crippen molar-refractivity contribution in [2.24, 2.45) is 5.73 Å². The number of rotatable bonds is 7. The summed E-state index contributed by atoms with van der Waals surface area (Å²) in [5.41, 5.74) is 6.78. The predicted molar refractivity (Wildman–Crippen MR) is 102 cm³/mol. The Morgan fingerprint density at radius 2 is 1.82 bits per heavy atom. The SMILES string of the molecule is COC(=O)c1ccc(COc2ccc3ccccc3c2CC(N)C(=O)OC)o1. The molecule has 0 amide bonds. The molecule has 0 radical (unpaired) electrons. The van der Waals surface area contributed by atoms with Crippen LogP contribution in [0, 0.1) is 0 Å². The van der Waals surface area contributed by atoms with Crippen molar-refractivity contribution < 1.29 is 28.2 Å². The first-order chi connectivity index (χ1) is 13.5. The van der Waals surface area contributed by atoms with E-state index in [2.05, 4.69) is 4.74 Å². The molecule has 146 valence electrons. The van der Waals surface area contributed by atoms with Gasteiger partial charge >= 0.3 is 11.9 Å². The van der Waals surface area contributed by atoms with E-state index in [0.29, 0.717) is 11.5 Å². The molecule has 7 heteroatoms. The van der Waals surface area contributed by atoms with Crippen molar-refractivity contribution >= 4 is 22.7 Å². The van der Waals surface area contributed by atoms with Crippen molar-refractivity contribution in [1.82, 2.24) is 0 Å². The van der Waals surface area contributed by atoms with Crippen LogP contribution < -0.4 is 10.5 Å². The summed E-state index contributed by atoms with van der Waals surface area (Å²) in [6.07, 6.45) is 0.259. The van der Waals surface area contributed by atoms with Gasteiger partial charge in [0.1, 0.15) is 24.2 Å². The highest BCUT2D eigenvalue weighted by Gasteiger charge is 2.19. The molecular weight excluding hydrogens is 362 g/mol. The molecule has 0 aliphatic heterocycles. The largest absolute Gasteiger partial charge is 0.485 e. The summed E-state index contributed by atoms with van der Waals surface area (Å²) in [6, 6.07) is 13.9. The number of fused-ring (bicyclic) bond motifs is 1. The minimum Gasteiger partial charge on any atom is -0.485 e. The first-order valence-corrected chi connectivity index (χ1v) is 8.67. The van der Waals surface area contributed by atoms with E-state index in [1.54, 1.807) is 6.07 Å². The average Bonchev–Trinajstić information content (AvgIpc) is 3.20. The van der Waals surface area contributed by atoms with Gasteiger partial charge in [-0.25, -0.2) is 4.79 Å². The van der Waals surface area contributed by atoms with Crippen molar-refractivity contribution in [3.8, 4) is 5.75 Å². The molecule has 1 unspecified atom stereocenters. The van der Waals surface area contributed by atoms with Crippen LogP contribution in [-0.4, -0.2) is 32.2 Å². The zero-order valence-electron chi connectivity index (χ0n) is 15.6. The smallest absolute Gasteiger partial charge is 0.373 e. The summed E-state index contributed by atoms with van der Waals surface area (Å²) in [5.74, 6) is 0.104. The monoisotopic (exact) mass is 383 g/mol. The highest BCUT2D eigenvalue weighted by molar-refractivity contribution is 5.89. The van der Waals surface area contributed by atoms with Crippen LogP contribution in [0.3, 0.4) is 0 Å². The Labute approximate surface area is 162 Å². The molecule has 0 saturated carbocycles. The van der Waals surface area contributed by atoms with Crippen LogP contribution >= 0.6 is 0 Å². The van der Waals surface area contributed by atoms with Gasteiger partial charge in [-0.05, 0) is 29.0 Å². The van der Waals surface area contributed by atoms with Crippen LogP contribution in [-0.2, 0) is 27.3 Å². The molecule has 1 atom stereocenters. The van der Waals surface area contributed by atoms with Crippen molar-refractivity contribution in [3.63, 3.8) is 0 Å². The van der Waals surface area contributed by atoms with E-state index in [-0.39, 0.29) is 18.8 Å². The van der Waals surface area contributed by atoms with Crippen molar-refractivity contribution in [1.29, 1.82) is 0 Å². The Morgan fingerprint density at radius 1 is 1.04 bits per heavy atom. The number of carbonyl (C=O) groups excluding carboxylic acids is 2. The molecule has 1 heterocycles. The minimum atomic E-state index is -0.812. The highest BCUT2D eigenvalue weighted by atomic mass is 16.5. The second kappa shape index (κ2) is 8.58. The number of esters is 2. The third-order valence-corrected chi connectivity index (χ3v) is 4.34. The Balaban J connectivity index is 1.87. The van der Waals surface area contributed by atoms with E-state index in [9.17, 15) is 9.59 Å². The van der Waals surface area contributed by atoms with Gasteiger partial charge in [-0.15, -0.1) is 0 Å². The van der Waals surface area contributed by atoms with E-state index >= 15 is 0 Å².